The van der Waals surface area contributed by atoms with Crippen LogP contribution in [0.3, 0.4) is 0 Å². The van der Waals surface area contributed by atoms with Gasteiger partial charge in [0.1, 0.15) is 5.75 Å². The van der Waals surface area contributed by atoms with E-state index in [9.17, 15) is 18.0 Å². The summed E-state index contributed by atoms with van der Waals surface area (Å²) >= 11 is 1.28. The molecular weight excluding hydrogens is 449 g/mol. The number of rotatable bonds is 6. The van der Waals surface area contributed by atoms with Gasteiger partial charge in [0.15, 0.2) is 11.0 Å². The van der Waals surface area contributed by atoms with Gasteiger partial charge in [0.05, 0.1) is 23.5 Å². The number of thiazole rings is 1. The average Bonchev–Trinajstić information content (AvgIpc) is 3.39. The van der Waals surface area contributed by atoms with E-state index >= 15 is 0 Å². The van der Waals surface area contributed by atoms with E-state index in [0.717, 1.165) is 15.8 Å². The molecule has 2 N–H and O–H groups in total. The lowest BCUT2D eigenvalue weighted by molar-refractivity contribution is -0.159. The number of fused-ring (bicyclic) bond motifs is 1. The predicted octanol–water partition coefficient (Wildman–Crippen LogP) is 4.13. The van der Waals surface area contributed by atoms with Crippen LogP contribution in [0.5, 0.6) is 5.75 Å². The number of aromatic nitrogens is 4. The van der Waals surface area contributed by atoms with Crippen LogP contribution in [-0.2, 0) is 12.6 Å². The maximum absolute atomic E-state index is 12.4. The highest BCUT2D eigenvalue weighted by molar-refractivity contribution is 7.22. The molecule has 0 aliphatic rings. The Labute approximate surface area is 182 Å². The Hall–Kier alpha value is -3.74. The number of methoxy groups -OCH3 is 1. The number of anilines is 1. The molecule has 0 aliphatic carbocycles. The number of halogens is 3. The van der Waals surface area contributed by atoms with Gasteiger partial charge in [-0.2, -0.15) is 18.2 Å². The van der Waals surface area contributed by atoms with Crippen LogP contribution in [0.15, 0.2) is 41.2 Å². The van der Waals surface area contributed by atoms with Crippen molar-refractivity contribution in [2.24, 2.45) is 0 Å². The molecule has 9 nitrogen and oxygen atoms in total. The second kappa shape index (κ2) is 8.78. The van der Waals surface area contributed by atoms with Gasteiger partial charge in [0, 0.05) is 24.7 Å². The largest absolute Gasteiger partial charge is 0.495 e. The molecule has 1 aromatic carbocycles. The molecular formula is C19H15F3N6O3S. The van der Waals surface area contributed by atoms with Crippen molar-refractivity contribution in [3.63, 3.8) is 0 Å². The van der Waals surface area contributed by atoms with E-state index in [0.29, 0.717) is 16.4 Å². The summed E-state index contributed by atoms with van der Waals surface area (Å²) in [5, 5.41) is 8.73. The molecule has 0 spiro atoms. The van der Waals surface area contributed by atoms with Crippen molar-refractivity contribution in [2.75, 3.05) is 19.0 Å². The van der Waals surface area contributed by atoms with Crippen LogP contribution < -0.4 is 15.4 Å². The molecule has 0 unspecified atom stereocenters. The van der Waals surface area contributed by atoms with Crippen LogP contribution in [-0.4, -0.2) is 39.8 Å². The molecule has 4 rings (SSSR count). The number of benzene rings is 1. The standard InChI is InChI=1S/C19H15F3N6O3S/c1-30-12-6-11(8-23-9-12)10-2-3-13-14(7-10)32-18(25-13)27-17(29)24-5-4-15-26-16(31-28-15)19(20,21)22/h2-3,6-9H,4-5H2,1H3,(H2,24,25,27,29). The van der Waals surface area contributed by atoms with Crippen LogP contribution in [0.1, 0.15) is 11.7 Å². The zero-order chi connectivity index (χ0) is 22.7. The first-order valence-electron chi connectivity index (χ1n) is 9.16. The monoisotopic (exact) mass is 464 g/mol. The van der Waals surface area contributed by atoms with E-state index in [-0.39, 0.29) is 18.8 Å². The van der Waals surface area contributed by atoms with Crippen LogP contribution in [0.2, 0.25) is 0 Å². The normalized spacial score (nSPS) is 11.5. The van der Waals surface area contributed by atoms with Gasteiger partial charge in [-0.25, -0.2) is 9.78 Å². The highest BCUT2D eigenvalue weighted by Gasteiger charge is 2.38. The number of carbonyl (C=O) groups is 1. The van der Waals surface area contributed by atoms with Gasteiger partial charge >= 0.3 is 18.1 Å². The van der Waals surface area contributed by atoms with E-state index in [1.165, 1.54) is 11.3 Å². The molecule has 166 valence electrons. The molecule has 0 radical (unpaired) electrons. The third kappa shape index (κ3) is 4.94. The fourth-order valence-corrected chi connectivity index (χ4v) is 3.65. The maximum atomic E-state index is 12.4. The summed E-state index contributed by atoms with van der Waals surface area (Å²) in [6.45, 7) is 0.0144. The Morgan fingerprint density at radius 2 is 2.03 bits per heavy atom. The molecule has 13 heteroatoms. The first kappa shape index (κ1) is 21.5. The van der Waals surface area contributed by atoms with Gasteiger partial charge in [0.2, 0.25) is 0 Å². The lowest BCUT2D eigenvalue weighted by Gasteiger charge is -2.03. The van der Waals surface area contributed by atoms with E-state index in [1.807, 2.05) is 24.3 Å². The van der Waals surface area contributed by atoms with Gasteiger partial charge in [0.25, 0.3) is 0 Å². The van der Waals surface area contributed by atoms with E-state index in [2.05, 4.69) is 35.3 Å². The lowest BCUT2D eigenvalue weighted by atomic mass is 10.1. The number of nitrogens with one attached hydrogen (secondary N) is 2. The van der Waals surface area contributed by atoms with Crippen molar-refractivity contribution in [3.05, 3.63) is 48.4 Å². The first-order valence-corrected chi connectivity index (χ1v) is 9.98. The molecule has 2 amide bonds. The highest BCUT2D eigenvalue weighted by Crippen LogP contribution is 2.31. The van der Waals surface area contributed by atoms with Gasteiger partial charge in [-0.15, -0.1) is 0 Å². The van der Waals surface area contributed by atoms with Gasteiger partial charge < -0.3 is 14.6 Å². The number of nitrogens with zero attached hydrogens (tertiary/aromatic N) is 4. The van der Waals surface area contributed by atoms with Crippen molar-refractivity contribution < 1.29 is 27.2 Å². The summed E-state index contributed by atoms with van der Waals surface area (Å²) in [6, 6.07) is 6.96. The van der Waals surface area contributed by atoms with Crippen molar-refractivity contribution in [1.82, 2.24) is 25.4 Å². The van der Waals surface area contributed by atoms with Crippen LogP contribution >= 0.6 is 11.3 Å². The first-order chi connectivity index (χ1) is 15.3. The number of alkyl halides is 3. The minimum Gasteiger partial charge on any atom is -0.495 e. The second-order valence-electron chi connectivity index (χ2n) is 6.46. The number of carbonyl (C=O) groups excluding carboxylic acids is 1. The third-order valence-corrected chi connectivity index (χ3v) is 5.17. The van der Waals surface area contributed by atoms with Gasteiger partial charge in [-0.05, 0) is 23.8 Å². The molecule has 0 aliphatic heterocycles. The van der Waals surface area contributed by atoms with Crippen LogP contribution in [0.25, 0.3) is 21.3 Å². The SMILES string of the molecule is COc1cncc(-c2ccc3nc(NC(=O)NCCc4noc(C(F)(F)F)n4)sc3c2)c1. The summed E-state index contributed by atoms with van der Waals surface area (Å²) in [4.78, 5) is 23.8. The predicted molar refractivity (Wildman–Crippen MR) is 109 cm³/mol. The quantitative estimate of drug-likeness (QED) is 0.441. The van der Waals surface area contributed by atoms with Gasteiger partial charge in [-0.1, -0.05) is 22.6 Å². The smallest absolute Gasteiger partial charge is 0.471 e. The summed E-state index contributed by atoms with van der Waals surface area (Å²) in [7, 11) is 1.57. The molecule has 0 fully saturated rings. The minimum absolute atomic E-state index is 0.0144. The van der Waals surface area contributed by atoms with Crippen molar-refractivity contribution in [2.45, 2.75) is 12.6 Å². The summed E-state index contributed by atoms with van der Waals surface area (Å²) in [5.41, 5.74) is 2.50. The summed E-state index contributed by atoms with van der Waals surface area (Å²) < 4.78 is 47.5. The molecule has 4 aromatic rings. The summed E-state index contributed by atoms with van der Waals surface area (Å²) in [5.74, 6) is -0.936. The van der Waals surface area contributed by atoms with E-state index in [1.54, 1.807) is 19.5 Å². The van der Waals surface area contributed by atoms with Crippen molar-refractivity contribution >= 4 is 32.7 Å². The average molecular weight is 464 g/mol. The zero-order valence-corrected chi connectivity index (χ0v) is 17.3. The molecule has 3 aromatic heterocycles. The van der Waals surface area contributed by atoms with E-state index < -0.39 is 18.1 Å². The number of hydrogen-bond acceptors (Lipinski definition) is 8. The highest BCUT2D eigenvalue weighted by atomic mass is 32.1. The number of urea groups is 1. The van der Waals surface area contributed by atoms with Crippen LogP contribution in [0.4, 0.5) is 23.1 Å². The van der Waals surface area contributed by atoms with E-state index in [4.69, 9.17) is 4.74 Å². The fraction of sp³-hybridized carbons (Fsp3) is 0.211. The number of ether oxygens (including phenoxy) is 1. The molecule has 0 bridgehead atoms. The topological polar surface area (TPSA) is 115 Å². The number of amides is 2. The minimum atomic E-state index is -4.70. The third-order valence-electron chi connectivity index (χ3n) is 4.24. The summed E-state index contributed by atoms with van der Waals surface area (Å²) in [6.07, 6.45) is -1.39. The molecule has 0 saturated carbocycles. The Balaban J connectivity index is 1.36. The Morgan fingerprint density at radius 3 is 2.78 bits per heavy atom. The number of hydrogen-bond donors (Lipinski definition) is 2. The van der Waals surface area contributed by atoms with Crippen molar-refractivity contribution in [1.29, 1.82) is 0 Å². The molecule has 3 heterocycles. The van der Waals surface area contributed by atoms with Crippen molar-refractivity contribution in [3.8, 4) is 16.9 Å². The molecule has 0 atom stereocenters. The fourth-order valence-electron chi connectivity index (χ4n) is 2.75. The molecule has 32 heavy (non-hydrogen) atoms. The maximum Gasteiger partial charge on any atom is 0.471 e. The van der Waals surface area contributed by atoms with Gasteiger partial charge in [-0.3, -0.25) is 10.3 Å². The van der Waals surface area contributed by atoms with Crippen LogP contribution in [0, 0.1) is 0 Å². The molecule has 0 saturated heterocycles. The number of pyridine rings is 1. The Morgan fingerprint density at radius 1 is 1.19 bits per heavy atom. The Bertz CT molecular complexity index is 1260. The Kier molecular flexibility index (Phi) is 5.90. The lowest BCUT2D eigenvalue weighted by Crippen LogP contribution is -2.30. The second-order valence-corrected chi connectivity index (χ2v) is 7.49. The zero-order valence-electron chi connectivity index (χ0n) is 16.4.